The maximum Gasteiger partial charge on any atom is 0.219 e. The summed E-state index contributed by atoms with van der Waals surface area (Å²) >= 11 is 3.39. The van der Waals surface area contributed by atoms with E-state index in [9.17, 15) is 4.79 Å². The first kappa shape index (κ1) is 13.8. The lowest BCUT2D eigenvalue weighted by atomic mass is 9.85. The van der Waals surface area contributed by atoms with E-state index in [1.165, 1.54) is 12.8 Å². The second-order valence-electron chi connectivity index (χ2n) is 4.86. The first-order valence-electron chi connectivity index (χ1n) is 6.68. The molecule has 0 radical (unpaired) electrons. The molecule has 0 N–H and O–H groups in total. The van der Waals surface area contributed by atoms with Gasteiger partial charge in [0.1, 0.15) is 0 Å². The Morgan fingerprint density at radius 1 is 1.39 bits per heavy atom. The number of Topliss-reactive ketones (excluding diaryl/α,β-unsaturated/α-hetero) is 1. The second kappa shape index (κ2) is 5.57. The monoisotopic (exact) mass is 313 g/mol. The summed E-state index contributed by atoms with van der Waals surface area (Å²) in [7, 11) is 0. The summed E-state index contributed by atoms with van der Waals surface area (Å²) in [6.45, 7) is 6.23. The van der Waals surface area contributed by atoms with Crippen molar-refractivity contribution in [2.45, 2.75) is 45.1 Å². The summed E-state index contributed by atoms with van der Waals surface area (Å²) in [6, 6.07) is 1.79. The Bertz CT molecular complexity index is 417. The van der Waals surface area contributed by atoms with Crippen molar-refractivity contribution in [2.24, 2.45) is 0 Å². The molecule has 1 aliphatic heterocycles. The molecular weight excluding hydrogens is 294 g/mol. The number of furan rings is 1. The average Bonchev–Trinajstić information content (AvgIpc) is 3.02. The summed E-state index contributed by atoms with van der Waals surface area (Å²) in [5.41, 5.74) is -0.392. The van der Waals surface area contributed by atoms with Crippen molar-refractivity contribution in [3.63, 3.8) is 0 Å². The molecule has 0 aromatic carbocycles. The maximum absolute atomic E-state index is 12.8. The number of carbonyl (C=O) groups is 1. The zero-order valence-electron chi connectivity index (χ0n) is 11.0. The fourth-order valence-electron chi connectivity index (χ4n) is 2.97. The Hall–Kier alpha value is -0.610. The van der Waals surface area contributed by atoms with Crippen molar-refractivity contribution >= 4 is 21.7 Å². The molecule has 1 fully saturated rings. The van der Waals surface area contributed by atoms with Gasteiger partial charge < -0.3 is 4.42 Å². The molecule has 1 aromatic heterocycles. The molecule has 18 heavy (non-hydrogen) atoms. The molecule has 0 aliphatic carbocycles. The lowest BCUT2D eigenvalue weighted by Crippen LogP contribution is -2.52. The predicted octanol–water partition coefficient (Wildman–Crippen LogP) is 3.88. The molecule has 2 rings (SSSR count). The molecular formula is C14H20BrNO2. The number of likely N-dealkylation sites (tertiary alicyclic amines) is 1. The van der Waals surface area contributed by atoms with Crippen molar-refractivity contribution in [1.82, 2.24) is 4.90 Å². The van der Waals surface area contributed by atoms with Crippen LogP contribution in [0.15, 0.2) is 21.2 Å². The van der Waals surface area contributed by atoms with Crippen LogP contribution in [0, 0.1) is 0 Å². The first-order chi connectivity index (χ1) is 8.65. The molecule has 0 saturated carbocycles. The number of hydrogen-bond donors (Lipinski definition) is 0. The van der Waals surface area contributed by atoms with E-state index in [0.29, 0.717) is 5.76 Å². The van der Waals surface area contributed by atoms with Gasteiger partial charge in [-0.15, -0.1) is 0 Å². The zero-order chi connectivity index (χ0) is 13.2. The minimum Gasteiger partial charge on any atom is -0.460 e. The van der Waals surface area contributed by atoms with Crippen LogP contribution in [0.3, 0.4) is 0 Å². The summed E-state index contributed by atoms with van der Waals surface area (Å²) in [5.74, 6) is 0.580. The topological polar surface area (TPSA) is 33.5 Å². The van der Waals surface area contributed by atoms with E-state index in [1.54, 1.807) is 12.3 Å². The van der Waals surface area contributed by atoms with Gasteiger partial charge in [-0.05, 0) is 60.8 Å². The fourth-order valence-corrected chi connectivity index (χ4v) is 3.36. The van der Waals surface area contributed by atoms with Crippen LogP contribution in [0.1, 0.15) is 50.1 Å². The highest BCUT2D eigenvalue weighted by molar-refractivity contribution is 9.10. The smallest absolute Gasteiger partial charge is 0.219 e. The van der Waals surface area contributed by atoms with Crippen molar-refractivity contribution in [3.8, 4) is 0 Å². The van der Waals surface area contributed by atoms with Crippen LogP contribution in [-0.2, 0) is 0 Å². The van der Waals surface area contributed by atoms with E-state index in [4.69, 9.17) is 4.42 Å². The highest BCUT2D eigenvalue weighted by atomic mass is 79.9. The minimum absolute atomic E-state index is 0.117. The number of rotatable bonds is 5. The Labute approximate surface area is 117 Å². The van der Waals surface area contributed by atoms with Gasteiger partial charge in [0.25, 0.3) is 0 Å². The van der Waals surface area contributed by atoms with Crippen molar-refractivity contribution < 1.29 is 9.21 Å². The lowest BCUT2D eigenvalue weighted by molar-refractivity contribution is 0.0551. The summed E-state index contributed by atoms with van der Waals surface area (Å²) < 4.78 is 6.13. The van der Waals surface area contributed by atoms with E-state index < -0.39 is 5.54 Å². The highest BCUT2D eigenvalue weighted by Gasteiger charge is 2.44. The summed E-state index contributed by atoms with van der Waals surface area (Å²) in [5, 5.41) is 0. The Kier molecular flexibility index (Phi) is 4.28. The third kappa shape index (κ3) is 2.16. The van der Waals surface area contributed by atoms with E-state index in [0.717, 1.165) is 30.4 Å². The quantitative estimate of drug-likeness (QED) is 0.773. The van der Waals surface area contributed by atoms with Crippen LogP contribution in [-0.4, -0.2) is 29.3 Å². The number of hydrogen-bond acceptors (Lipinski definition) is 3. The van der Waals surface area contributed by atoms with Crippen LogP contribution in [0.25, 0.3) is 0 Å². The number of halogens is 1. The largest absolute Gasteiger partial charge is 0.460 e. The second-order valence-corrected chi connectivity index (χ2v) is 5.71. The van der Waals surface area contributed by atoms with E-state index in [-0.39, 0.29) is 5.78 Å². The number of nitrogens with zero attached hydrogens (tertiary/aromatic N) is 1. The van der Waals surface area contributed by atoms with Gasteiger partial charge in [-0.3, -0.25) is 9.69 Å². The van der Waals surface area contributed by atoms with Crippen molar-refractivity contribution in [3.05, 3.63) is 22.6 Å². The molecule has 3 nitrogen and oxygen atoms in total. The third-order valence-corrected chi connectivity index (χ3v) is 4.75. The van der Waals surface area contributed by atoms with E-state index in [1.807, 2.05) is 0 Å². The third-order valence-electron chi connectivity index (χ3n) is 4.13. The van der Waals surface area contributed by atoms with Gasteiger partial charge >= 0.3 is 0 Å². The summed E-state index contributed by atoms with van der Waals surface area (Å²) in [4.78, 5) is 15.2. The number of carbonyl (C=O) groups excluding carboxylic acids is 1. The Balaban J connectivity index is 2.35. The van der Waals surface area contributed by atoms with Crippen LogP contribution >= 0.6 is 15.9 Å². The molecule has 0 atom stereocenters. The predicted molar refractivity (Wildman–Crippen MR) is 74.9 cm³/mol. The lowest BCUT2D eigenvalue weighted by Gasteiger charge is -2.38. The Morgan fingerprint density at radius 3 is 2.44 bits per heavy atom. The van der Waals surface area contributed by atoms with Crippen LogP contribution in [0.4, 0.5) is 0 Å². The molecule has 0 amide bonds. The molecule has 2 heterocycles. The van der Waals surface area contributed by atoms with Crippen molar-refractivity contribution in [1.29, 1.82) is 0 Å². The van der Waals surface area contributed by atoms with Crippen LogP contribution in [0.5, 0.6) is 0 Å². The van der Waals surface area contributed by atoms with Gasteiger partial charge in [-0.2, -0.15) is 0 Å². The van der Waals surface area contributed by atoms with Crippen molar-refractivity contribution in [2.75, 3.05) is 13.1 Å². The van der Waals surface area contributed by atoms with Gasteiger partial charge in [0.15, 0.2) is 5.76 Å². The van der Waals surface area contributed by atoms with Gasteiger partial charge in [0.05, 0.1) is 16.3 Å². The number of ketones is 1. The molecule has 100 valence electrons. The first-order valence-corrected chi connectivity index (χ1v) is 7.48. The molecule has 0 spiro atoms. The van der Waals surface area contributed by atoms with E-state index >= 15 is 0 Å². The van der Waals surface area contributed by atoms with Crippen LogP contribution in [0.2, 0.25) is 0 Å². The average molecular weight is 314 g/mol. The molecule has 1 aliphatic rings. The molecule has 1 saturated heterocycles. The maximum atomic E-state index is 12.8. The van der Waals surface area contributed by atoms with Crippen LogP contribution < -0.4 is 0 Å². The highest BCUT2D eigenvalue weighted by Crippen LogP contribution is 2.34. The molecule has 0 bridgehead atoms. The van der Waals surface area contributed by atoms with Gasteiger partial charge in [-0.1, -0.05) is 13.8 Å². The zero-order valence-corrected chi connectivity index (χ0v) is 12.6. The summed E-state index contributed by atoms with van der Waals surface area (Å²) in [6.07, 6.45) is 5.60. The van der Waals surface area contributed by atoms with E-state index in [2.05, 4.69) is 34.7 Å². The Morgan fingerprint density at radius 2 is 2.00 bits per heavy atom. The minimum atomic E-state index is -0.392. The molecule has 0 unspecified atom stereocenters. The standard InChI is InChI=1S/C14H20BrNO2/c1-3-14(4-2,16-8-5-6-9-16)13(17)12-11(15)7-10-18-12/h7,10H,3-6,8-9H2,1-2H3. The van der Waals surface area contributed by atoms with Gasteiger partial charge in [0, 0.05) is 0 Å². The normalized spacial score (nSPS) is 17.3. The molecule has 1 aromatic rings. The van der Waals surface area contributed by atoms with Gasteiger partial charge in [0.2, 0.25) is 5.78 Å². The van der Waals surface area contributed by atoms with Gasteiger partial charge in [-0.25, -0.2) is 0 Å². The molecule has 4 heteroatoms. The SMILES string of the molecule is CCC(CC)(C(=O)c1occc1Br)N1CCCC1. The fraction of sp³-hybridized carbons (Fsp3) is 0.643.